The number of aromatic carboxylic acids is 1. The summed E-state index contributed by atoms with van der Waals surface area (Å²) in [5, 5.41) is 14.8. The zero-order valence-electron chi connectivity index (χ0n) is 11.4. The van der Waals surface area contributed by atoms with E-state index in [9.17, 15) is 9.59 Å². The Morgan fingerprint density at radius 3 is 2.14 bits per heavy atom. The molecule has 2 aromatic rings. The van der Waals surface area contributed by atoms with Gasteiger partial charge in [0.25, 0.3) is 0 Å². The monoisotopic (exact) mass is 285 g/mol. The molecule has 0 bridgehead atoms. The normalized spacial score (nSPS) is 9.95. The van der Waals surface area contributed by atoms with Crippen molar-refractivity contribution in [2.45, 2.75) is 6.92 Å². The maximum absolute atomic E-state index is 11.0. The largest absolute Gasteiger partial charge is 0.478 e. The summed E-state index contributed by atoms with van der Waals surface area (Å²) in [6, 6.07) is 11.8. The third-order valence-electron chi connectivity index (χ3n) is 2.78. The van der Waals surface area contributed by atoms with Gasteiger partial charge in [0.15, 0.2) is 0 Å². The first-order valence-corrected chi connectivity index (χ1v) is 6.23. The molecule has 0 saturated carbocycles. The van der Waals surface area contributed by atoms with E-state index < -0.39 is 5.97 Å². The highest BCUT2D eigenvalue weighted by Crippen LogP contribution is 2.22. The highest BCUT2D eigenvalue weighted by atomic mass is 16.4. The number of amides is 1. The Morgan fingerprint density at radius 2 is 1.57 bits per heavy atom. The van der Waals surface area contributed by atoms with Crippen LogP contribution in [-0.4, -0.2) is 17.0 Å². The fraction of sp³-hybridized carbons (Fsp3) is 0.0667. The number of carbonyl (C=O) groups is 2. The van der Waals surface area contributed by atoms with Crippen LogP contribution in [0.3, 0.4) is 0 Å². The Kier molecular flexibility index (Phi) is 4.08. The van der Waals surface area contributed by atoms with E-state index in [1.807, 2.05) is 0 Å². The average molecular weight is 285 g/mol. The summed E-state index contributed by atoms with van der Waals surface area (Å²) in [7, 11) is 0. The van der Waals surface area contributed by atoms with E-state index in [1.165, 1.54) is 19.1 Å². The number of hydrogen-bond donors (Lipinski definition) is 4. The number of carboxylic acid groups (broad SMARTS) is 1. The molecule has 0 spiro atoms. The zero-order chi connectivity index (χ0) is 15.4. The molecule has 0 saturated heterocycles. The summed E-state index contributed by atoms with van der Waals surface area (Å²) in [6.07, 6.45) is 0. The number of carbonyl (C=O) groups excluding carboxylic acids is 1. The molecule has 0 fully saturated rings. The maximum Gasteiger partial charge on any atom is 0.337 e. The quantitative estimate of drug-likeness (QED) is 0.646. The minimum atomic E-state index is -1.07. The Bertz CT molecular complexity index is 681. The molecule has 2 rings (SSSR count). The van der Waals surface area contributed by atoms with Crippen LogP contribution in [0, 0.1) is 0 Å². The van der Waals surface area contributed by atoms with Crippen LogP contribution in [0.5, 0.6) is 0 Å². The van der Waals surface area contributed by atoms with Crippen molar-refractivity contribution < 1.29 is 14.7 Å². The maximum atomic E-state index is 11.0. The molecule has 2 aromatic carbocycles. The minimum Gasteiger partial charge on any atom is -0.478 e. The first-order valence-electron chi connectivity index (χ1n) is 6.23. The molecule has 0 aliphatic carbocycles. The molecule has 0 aliphatic heterocycles. The fourth-order valence-electron chi connectivity index (χ4n) is 1.83. The number of benzene rings is 2. The third-order valence-corrected chi connectivity index (χ3v) is 2.78. The van der Waals surface area contributed by atoms with Crippen LogP contribution < -0.4 is 16.4 Å². The number of hydrogen-bond acceptors (Lipinski definition) is 4. The average Bonchev–Trinajstić information content (AvgIpc) is 2.42. The predicted molar refractivity (Wildman–Crippen MR) is 81.8 cm³/mol. The van der Waals surface area contributed by atoms with Gasteiger partial charge in [-0.2, -0.15) is 0 Å². The van der Waals surface area contributed by atoms with Crippen LogP contribution in [0.25, 0.3) is 0 Å². The molecular weight excluding hydrogens is 270 g/mol. The number of nitrogens with two attached hydrogens (primary N) is 1. The van der Waals surface area contributed by atoms with Crippen molar-refractivity contribution in [2.75, 3.05) is 16.4 Å². The van der Waals surface area contributed by atoms with Gasteiger partial charge in [-0.1, -0.05) is 0 Å². The molecule has 108 valence electrons. The minimum absolute atomic E-state index is 0.0508. The molecule has 0 unspecified atom stereocenters. The van der Waals surface area contributed by atoms with E-state index in [0.29, 0.717) is 11.4 Å². The van der Waals surface area contributed by atoms with Gasteiger partial charge in [-0.05, 0) is 42.5 Å². The summed E-state index contributed by atoms with van der Waals surface area (Å²) in [6.45, 7) is 1.44. The van der Waals surface area contributed by atoms with E-state index >= 15 is 0 Å². The summed E-state index contributed by atoms with van der Waals surface area (Å²) >= 11 is 0. The van der Waals surface area contributed by atoms with Gasteiger partial charge in [0, 0.05) is 29.7 Å². The van der Waals surface area contributed by atoms with Gasteiger partial charge in [0.05, 0.1) is 5.56 Å². The van der Waals surface area contributed by atoms with Gasteiger partial charge in [0.1, 0.15) is 0 Å². The number of nitrogens with one attached hydrogen (secondary N) is 2. The molecule has 0 atom stereocenters. The van der Waals surface area contributed by atoms with Gasteiger partial charge in [-0.3, -0.25) is 4.79 Å². The lowest BCUT2D eigenvalue weighted by atomic mass is 10.1. The second kappa shape index (κ2) is 5.96. The number of anilines is 4. The fourth-order valence-corrected chi connectivity index (χ4v) is 1.83. The first kappa shape index (κ1) is 14.4. The van der Waals surface area contributed by atoms with Crippen LogP contribution in [-0.2, 0) is 4.79 Å². The second-order valence-corrected chi connectivity index (χ2v) is 4.49. The lowest BCUT2D eigenvalue weighted by Crippen LogP contribution is -2.05. The molecule has 0 heterocycles. The summed E-state index contributed by atoms with van der Waals surface area (Å²) < 4.78 is 0. The van der Waals surface area contributed by atoms with Crippen molar-refractivity contribution in [3.05, 3.63) is 48.0 Å². The third kappa shape index (κ3) is 3.73. The van der Waals surface area contributed by atoms with E-state index in [4.69, 9.17) is 10.8 Å². The predicted octanol–water partition coefficient (Wildman–Crippen LogP) is 2.67. The van der Waals surface area contributed by atoms with Crippen LogP contribution in [0.15, 0.2) is 42.5 Å². The van der Waals surface area contributed by atoms with Crippen LogP contribution in [0.1, 0.15) is 17.3 Å². The van der Waals surface area contributed by atoms with E-state index in [1.54, 1.807) is 30.3 Å². The zero-order valence-corrected chi connectivity index (χ0v) is 11.4. The number of carboxylic acids is 1. The van der Waals surface area contributed by atoms with Gasteiger partial charge < -0.3 is 21.5 Å². The summed E-state index contributed by atoms with van der Waals surface area (Å²) in [5.41, 5.74) is 7.95. The standard InChI is InChI=1S/C15H15N3O3/c1-9(19)17-10-2-4-11(5-3-10)18-12-6-7-14(16)13(8-12)15(20)21/h2-8,18H,16H2,1H3,(H,17,19)(H,20,21). The first-order chi connectivity index (χ1) is 9.95. The van der Waals surface area contributed by atoms with E-state index in [0.717, 1.165) is 5.69 Å². The Labute approximate surface area is 121 Å². The second-order valence-electron chi connectivity index (χ2n) is 4.49. The summed E-state index contributed by atoms with van der Waals surface area (Å²) in [5.74, 6) is -1.21. The van der Waals surface area contributed by atoms with Crippen molar-refractivity contribution in [1.82, 2.24) is 0 Å². The van der Waals surface area contributed by atoms with Crippen molar-refractivity contribution in [3.63, 3.8) is 0 Å². The summed E-state index contributed by atoms with van der Waals surface area (Å²) in [4.78, 5) is 22.0. The molecule has 0 radical (unpaired) electrons. The highest BCUT2D eigenvalue weighted by molar-refractivity contribution is 5.95. The molecule has 5 N–H and O–H groups in total. The molecular formula is C15H15N3O3. The van der Waals surface area contributed by atoms with Crippen LogP contribution in [0.4, 0.5) is 22.7 Å². The topological polar surface area (TPSA) is 104 Å². The molecule has 1 amide bonds. The number of rotatable bonds is 4. The van der Waals surface area contributed by atoms with Gasteiger partial charge in [-0.15, -0.1) is 0 Å². The molecule has 6 heteroatoms. The Balaban J connectivity index is 2.16. The van der Waals surface area contributed by atoms with Gasteiger partial charge in [-0.25, -0.2) is 4.79 Å². The van der Waals surface area contributed by atoms with Crippen LogP contribution >= 0.6 is 0 Å². The van der Waals surface area contributed by atoms with Crippen molar-refractivity contribution in [2.24, 2.45) is 0 Å². The van der Waals surface area contributed by atoms with Crippen molar-refractivity contribution in [3.8, 4) is 0 Å². The van der Waals surface area contributed by atoms with E-state index in [2.05, 4.69) is 10.6 Å². The Hall–Kier alpha value is -3.02. The van der Waals surface area contributed by atoms with Crippen molar-refractivity contribution in [1.29, 1.82) is 0 Å². The smallest absolute Gasteiger partial charge is 0.337 e. The molecule has 6 nitrogen and oxygen atoms in total. The lowest BCUT2D eigenvalue weighted by Gasteiger charge is -2.09. The van der Waals surface area contributed by atoms with Crippen LogP contribution in [0.2, 0.25) is 0 Å². The van der Waals surface area contributed by atoms with Crippen molar-refractivity contribution >= 4 is 34.6 Å². The van der Waals surface area contributed by atoms with Gasteiger partial charge >= 0.3 is 5.97 Å². The SMILES string of the molecule is CC(=O)Nc1ccc(Nc2ccc(N)c(C(=O)O)c2)cc1. The molecule has 0 aliphatic rings. The number of nitrogen functional groups attached to an aromatic ring is 1. The van der Waals surface area contributed by atoms with E-state index in [-0.39, 0.29) is 17.2 Å². The molecule has 21 heavy (non-hydrogen) atoms. The van der Waals surface area contributed by atoms with Gasteiger partial charge in [0.2, 0.25) is 5.91 Å². The molecule has 0 aromatic heterocycles. The lowest BCUT2D eigenvalue weighted by molar-refractivity contribution is -0.114. The Morgan fingerprint density at radius 1 is 1.00 bits per heavy atom. The highest BCUT2D eigenvalue weighted by Gasteiger charge is 2.08.